The lowest BCUT2D eigenvalue weighted by Gasteiger charge is -2.01. The van der Waals surface area contributed by atoms with Crippen LogP contribution in [0.4, 0.5) is 5.00 Å². The van der Waals surface area contributed by atoms with E-state index >= 15 is 0 Å². The van der Waals surface area contributed by atoms with Gasteiger partial charge in [-0.2, -0.15) is 0 Å². The lowest BCUT2D eigenvalue weighted by Crippen LogP contribution is -2.03. The summed E-state index contributed by atoms with van der Waals surface area (Å²) < 4.78 is 5.27. The van der Waals surface area contributed by atoms with Gasteiger partial charge in [0, 0.05) is 10.9 Å². The molecule has 0 fully saturated rings. The van der Waals surface area contributed by atoms with Crippen LogP contribution in [0.2, 0.25) is 0 Å². The molecule has 0 saturated heterocycles. The molecule has 0 aliphatic heterocycles. The summed E-state index contributed by atoms with van der Waals surface area (Å²) in [4.78, 5) is 11.9. The van der Waals surface area contributed by atoms with Gasteiger partial charge in [-0.15, -0.1) is 11.3 Å². The second-order valence-corrected chi connectivity index (χ2v) is 4.63. The van der Waals surface area contributed by atoms with Gasteiger partial charge in [0.2, 0.25) is 0 Å². The maximum absolute atomic E-state index is 11.9. The van der Waals surface area contributed by atoms with Crippen molar-refractivity contribution in [2.75, 3.05) is 5.73 Å². The third kappa shape index (κ3) is 1.62. The number of benzene rings is 1. The van der Waals surface area contributed by atoms with E-state index in [1.54, 1.807) is 6.07 Å². The fraction of sp³-hybridized carbons (Fsp3) is 0. The molecular weight excluding hydrogens is 234 g/mol. The summed E-state index contributed by atoms with van der Waals surface area (Å²) in [6.45, 7) is 0. The number of para-hydroxylation sites is 1. The maximum Gasteiger partial charge on any atom is 0.344 e. The molecule has 3 aromatic rings. The van der Waals surface area contributed by atoms with Crippen LogP contribution in [0, 0.1) is 0 Å². The number of hydrogen-bond donors (Lipinski definition) is 1. The number of hydrogen-bond acceptors (Lipinski definition) is 4. The number of rotatable bonds is 1. The number of fused-ring (bicyclic) bond motifs is 1. The molecule has 3 nitrogen and oxygen atoms in total. The van der Waals surface area contributed by atoms with Crippen LogP contribution < -0.4 is 11.4 Å². The molecule has 2 aromatic heterocycles. The zero-order valence-corrected chi connectivity index (χ0v) is 9.66. The van der Waals surface area contributed by atoms with Gasteiger partial charge < -0.3 is 10.2 Å². The fourth-order valence-corrected chi connectivity index (χ4v) is 2.45. The molecule has 4 heteroatoms. The van der Waals surface area contributed by atoms with E-state index in [-0.39, 0.29) is 5.63 Å². The van der Waals surface area contributed by atoms with E-state index in [0.29, 0.717) is 16.1 Å². The monoisotopic (exact) mass is 243 g/mol. The molecule has 2 heterocycles. The zero-order valence-electron chi connectivity index (χ0n) is 8.84. The van der Waals surface area contributed by atoms with Crippen LogP contribution in [-0.4, -0.2) is 0 Å². The first-order chi connectivity index (χ1) is 8.25. The van der Waals surface area contributed by atoms with Crippen LogP contribution in [0.5, 0.6) is 0 Å². The van der Waals surface area contributed by atoms with Crippen molar-refractivity contribution in [3.05, 3.63) is 52.2 Å². The summed E-state index contributed by atoms with van der Waals surface area (Å²) in [5, 5.41) is 3.39. The molecule has 2 N–H and O–H groups in total. The van der Waals surface area contributed by atoms with Crippen LogP contribution in [-0.2, 0) is 0 Å². The Balaban J connectivity index is 2.34. The second-order valence-electron chi connectivity index (χ2n) is 3.68. The third-order valence-electron chi connectivity index (χ3n) is 2.63. The normalized spacial score (nSPS) is 10.8. The van der Waals surface area contributed by atoms with E-state index in [4.69, 9.17) is 10.2 Å². The highest BCUT2D eigenvalue weighted by Gasteiger charge is 2.10. The minimum atomic E-state index is -0.353. The van der Waals surface area contributed by atoms with Crippen molar-refractivity contribution < 1.29 is 4.42 Å². The molecule has 0 aliphatic rings. The smallest absolute Gasteiger partial charge is 0.344 e. The van der Waals surface area contributed by atoms with Gasteiger partial charge >= 0.3 is 5.63 Å². The molecule has 1 aromatic carbocycles. The van der Waals surface area contributed by atoms with Crippen molar-refractivity contribution in [1.82, 2.24) is 0 Å². The van der Waals surface area contributed by atoms with Crippen molar-refractivity contribution in [2.45, 2.75) is 0 Å². The Kier molecular flexibility index (Phi) is 2.23. The van der Waals surface area contributed by atoms with E-state index in [0.717, 1.165) is 10.9 Å². The summed E-state index contributed by atoms with van der Waals surface area (Å²) in [7, 11) is 0. The van der Waals surface area contributed by atoms with E-state index in [9.17, 15) is 4.79 Å². The molecule has 17 heavy (non-hydrogen) atoms. The minimum absolute atomic E-state index is 0.353. The number of thiophene rings is 1. The van der Waals surface area contributed by atoms with Crippen LogP contribution in [0.25, 0.3) is 22.1 Å². The van der Waals surface area contributed by atoms with Crippen LogP contribution in [0.3, 0.4) is 0 Å². The van der Waals surface area contributed by atoms with Crippen molar-refractivity contribution >= 4 is 27.3 Å². The van der Waals surface area contributed by atoms with Gasteiger partial charge in [0.1, 0.15) is 5.58 Å². The molecule has 0 atom stereocenters. The molecule has 0 radical (unpaired) electrons. The molecule has 0 amide bonds. The van der Waals surface area contributed by atoms with Gasteiger partial charge in [-0.25, -0.2) is 4.79 Å². The van der Waals surface area contributed by atoms with Gasteiger partial charge in [-0.05, 0) is 23.6 Å². The highest BCUT2D eigenvalue weighted by atomic mass is 32.1. The molecule has 3 rings (SSSR count). The second kappa shape index (κ2) is 3.75. The molecule has 84 valence electrons. The number of nitrogens with two attached hydrogens (primary N) is 1. The predicted octanol–water partition coefficient (Wildman–Crippen LogP) is 3.10. The lowest BCUT2D eigenvalue weighted by atomic mass is 10.1. The van der Waals surface area contributed by atoms with E-state index < -0.39 is 0 Å². The molecular formula is C13H9NO2S. The van der Waals surface area contributed by atoms with Crippen molar-refractivity contribution in [1.29, 1.82) is 0 Å². The van der Waals surface area contributed by atoms with Gasteiger partial charge in [0.15, 0.2) is 0 Å². The van der Waals surface area contributed by atoms with Crippen LogP contribution in [0.1, 0.15) is 0 Å². The quantitative estimate of drug-likeness (QED) is 0.668. The third-order valence-corrected chi connectivity index (χ3v) is 3.37. The summed E-state index contributed by atoms with van der Waals surface area (Å²) in [6, 6.07) is 11.1. The average Bonchev–Trinajstić information content (AvgIpc) is 2.74. The van der Waals surface area contributed by atoms with Crippen LogP contribution in [0.15, 0.2) is 51.0 Å². The number of nitrogen functional groups attached to an aromatic ring is 1. The Labute approximate surface area is 101 Å². The Morgan fingerprint density at radius 3 is 2.71 bits per heavy atom. The summed E-state index contributed by atoms with van der Waals surface area (Å²) >= 11 is 1.41. The molecule has 0 bridgehead atoms. The van der Waals surface area contributed by atoms with Gasteiger partial charge in [0.05, 0.1) is 10.6 Å². The van der Waals surface area contributed by atoms with Crippen molar-refractivity contribution in [2.24, 2.45) is 0 Å². The average molecular weight is 243 g/mol. The first-order valence-electron chi connectivity index (χ1n) is 5.12. The summed E-state index contributed by atoms with van der Waals surface area (Å²) in [6.07, 6.45) is 0. The largest absolute Gasteiger partial charge is 0.422 e. The van der Waals surface area contributed by atoms with E-state index in [1.807, 2.05) is 35.7 Å². The maximum atomic E-state index is 11.9. The van der Waals surface area contributed by atoms with Crippen molar-refractivity contribution in [3.8, 4) is 11.1 Å². The first-order valence-corrected chi connectivity index (χ1v) is 6.00. The van der Waals surface area contributed by atoms with Crippen molar-refractivity contribution in [3.63, 3.8) is 0 Å². The van der Waals surface area contributed by atoms with E-state index in [1.165, 1.54) is 11.3 Å². The van der Waals surface area contributed by atoms with Gasteiger partial charge in [-0.1, -0.05) is 18.2 Å². The summed E-state index contributed by atoms with van der Waals surface area (Å²) in [5.41, 5.74) is 7.32. The summed E-state index contributed by atoms with van der Waals surface area (Å²) in [5.74, 6) is 0. The minimum Gasteiger partial charge on any atom is -0.422 e. The zero-order chi connectivity index (χ0) is 11.8. The number of anilines is 1. The molecule has 0 saturated carbocycles. The Morgan fingerprint density at radius 2 is 1.94 bits per heavy atom. The molecule has 0 aliphatic carbocycles. The highest BCUT2D eigenvalue weighted by molar-refractivity contribution is 7.14. The van der Waals surface area contributed by atoms with Crippen LogP contribution >= 0.6 is 11.3 Å². The van der Waals surface area contributed by atoms with Gasteiger partial charge in [-0.3, -0.25) is 0 Å². The first kappa shape index (κ1) is 10.1. The molecule has 0 unspecified atom stereocenters. The Morgan fingerprint density at radius 1 is 1.12 bits per heavy atom. The SMILES string of the molecule is Nc1sccc1-c1cc2ccccc2oc1=O. The van der Waals surface area contributed by atoms with Gasteiger partial charge in [0.25, 0.3) is 0 Å². The topological polar surface area (TPSA) is 56.2 Å². The molecule has 0 spiro atoms. The fourth-order valence-electron chi connectivity index (χ4n) is 1.79. The predicted molar refractivity (Wildman–Crippen MR) is 70.2 cm³/mol. The lowest BCUT2D eigenvalue weighted by molar-refractivity contribution is 0.563. The Hall–Kier alpha value is -2.07. The Bertz CT molecular complexity index is 742. The van der Waals surface area contributed by atoms with E-state index in [2.05, 4.69) is 0 Å². The highest BCUT2D eigenvalue weighted by Crippen LogP contribution is 2.29. The standard InChI is InChI=1S/C13H9NO2S/c14-12-9(5-6-17-12)10-7-8-3-1-2-4-11(8)16-13(10)15/h1-7H,14H2.